The SMILES string of the molecule is NC1=NC(c2ccccc2F)=CCS1. The van der Waals surface area contributed by atoms with E-state index < -0.39 is 0 Å². The maximum absolute atomic E-state index is 13.3. The molecule has 2 rings (SSSR count). The van der Waals surface area contributed by atoms with Crippen molar-refractivity contribution in [1.82, 2.24) is 0 Å². The fraction of sp³-hybridized carbons (Fsp3) is 0.100. The van der Waals surface area contributed by atoms with Crippen LogP contribution in [0.2, 0.25) is 0 Å². The first-order valence-electron chi connectivity index (χ1n) is 4.19. The molecule has 0 spiro atoms. The van der Waals surface area contributed by atoms with Crippen LogP contribution in [0, 0.1) is 5.82 Å². The smallest absolute Gasteiger partial charge is 0.159 e. The van der Waals surface area contributed by atoms with E-state index in [-0.39, 0.29) is 5.82 Å². The number of halogens is 1. The van der Waals surface area contributed by atoms with Crippen LogP contribution in [0.5, 0.6) is 0 Å². The second-order valence-electron chi connectivity index (χ2n) is 2.83. The Morgan fingerprint density at radius 3 is 2.86 bits per heavy atom. The maximum atomic E-state index is 13.3. The number of thioether (sulfide) groups is 1. The molecule has 0 amide bonds. The van der Waals surface area contributed by atoms with Gasteiger partial charge in [-0.05, 0) is 18.2 Å². The summed E-state index contributed by atoms with van der Waals surface area (Å²) in [5.41, 5.74) is 6.70. The monoisotopic (exact) mass is 208 g/mol. The molecule has 0 fully saturated rings. The Kier molecular flexibility index (Phi) is 2.54. The van der Waals surface area contributed by atoms with E-state index in [0.717, 1.165) is 5.75 Å². The quantitative estimate of drug-likeness (QED) is 0.768. The van der Waals surface area contributed by atoms with Crippen molar-refractivity contribution in [2.24, 2.45) is 10.7 Å². The molecule has 1 heterocycles. The minimum atomic E-state index is -0.262. The third kappa shape index (κ3) is 1.80. The molecule has 2 N–H and O–H groups in total. The highest BCUT2D eigenvalue weighted by Gasteiger charge is 2.10. The fourth-order valence-electron chi connectivity index (χ4n) is 1.24. The van der Waals surface area contributed by atoms with Crippen molar-refractivity contribution in [3.05, 3.63) is 41.7 Å². The molecule has 0 aromatic heterocycles. The molecule has 0 aliphatic carbocycles. The summed E-state index contributed by atoms with van der Waals surface area (Å²) in [6.45, 7) is 0. The number of hydrogen-bond donors (Lipinski definition) is 1. The predicted molar refractivity (Wildman–Crippen MR) is 58.5 cm³/mol. The molecule has 0 saturated heterocycles. The second-order valence-corrected chi connectivity index (χ2v) is 3.87. The van der Waals surface area contributed by atoms with E-state index in [2.05, 4.69) is 4.99 Å². The standard InChI is InChI=1S/C10H9FN2S/c11-8-4-2-1-3-7(8)9-5-6-14-10(12)13-9/h1-5H,6H2,(H2,12,13). The van der Waals surface area contributed by atoms with Gasteiger partial charge in [0.05, 0.1) is 5.70 Å². The third-order valence-electron chi connectivity index (χ3n) is 1.89. The van der Waals surface area contributed by atoms with Gasteiger partial charge in [0.25, 0.3) is 0 Å². The third-order valence-corrected chi connectivity index (χ3v) is 2.61. The van der Waals surface area contributed by atoms with Crippen LogP contribution >= 0.6 is 11.8 Å². The topological polar surface area (TPSA) is 38.4 Å². The zero-order chi connectivity index (χ0) is 9.97. The Hall–Kier alpha value is -1.29. The van der Waals surface area contributed by atoms with E-state index in [1.165, 1.54) is 17.8 Å². The lowest BCUT2D eigenvalue weighted by atomic mass is 10.1. The minimum absolute atomic E-state index is 0.262. The summed E-state index contributed by atoms with van der Waals surface area (Å²) in [5, 5.41) is 0.491. The van der Waals surface area contributed by atoms with Crippen LogP contribution in [0.3, 0.4) is 0 Å². The number of nitrogens with two attached hydrogens (primary N) is 1. The van der Waals surface area contributed by atoms with Gasteiger partial charge in [-0.1, -0.05) is 23.9 Å². The lowest BCUT2D eigenvalue weighted by molar-refractivity contribution is 0.623. The van der Waals surface area contributed by atoms with Crippen LogP contribution in [0.25, 0.3) is 5.70 Å². The molecule has 0 unspecified atom stereocenters. The van der Waals surface area contributed by atoms with E-state index >= 15 is 0 Å². The minimum Gasteiger partial charge on any atom is -0.378 e. The molecule has 0 radical (unpaired) electrons. The average Bonchev–Trinajstić information content (AvgIpc) is 2.18. The number of nitrogens with zero attached hydrogens (tertiary/aromatic N) is 1. The molecule has 1 aliphatic rings. The Morgan fingerprint density at radius 2 is 2.14 bits per heavy atom. The molecule has 0 saturated carbocycles. The van der Waals surface area contributed by atoms with Gasteiger partial charge in [0.1, 0.15) is 5.82 Å². The van der Waals surface area contributed by atoms with Crippen molar-refractivity contribution in [2.45, 2.75) is 0 Å². The average molecular weight is 208 g/mol. The molecule has 0 atom stereocenters. The van der Waals surface area contributed by atoms with Crippen LogP contribution in [-0.4, -0.2) is 10.9 Å². The van der Waals surface area contributed by atoms with Gasteiger partial charge in [-0.3, -0.25) is 0 Å². The summed E-state index contributed by atoms with van der Waals surface area (Å²) in [6, 6.07) is 6.56. The van der Waals surface area contributed by atoms with E-state index in [0.29, 0.717) is 16.4 Å². The van der Waals surface area contributed by atoms with Gasteiger partial charge < -0.3 is 5.73 Å². The lowest BCUT2D eigenvalue weighted by Gasteiger charge is -2.09. The summed E-state index contributed by atoms with van der Waals surface area (Å²) < 4.78 is 13.3. The molecular formula is C10H9FN2S. The van der Waals surface area contributed by atoms with Crippen LogP contribution in [0.15, 0.2) is 35.3 Å². The fourth-order valence-corrected chi connectivity index (χ4v) is 1.82. The predicted octanol–water partition coefficient (Wildman–Crippen LogP) is 2.23. The van der Waals surface area contributed by atoms with E-state index in [9.17, 15) is 4.39 Å². The first-order valence-corrected chi connectivity index (χ1v) is 5.18. The lowest BCUT2D eigenvalue weighted by Crippen LogP contribution is -2.10. The molecule has 4 heteroatoms. The highest BCUT2D eigenvalue weighted by molar-refractivity contribution is 8.14. The highest BCUT2D eigenvalue weighted by Crippen LogP contribution is 2.24. The maximum Gasteiger partial charge on any atom is 0.159 e. The Morgan fingerprint density at radius 1 is 1.36 bits per heavy atom. The molecule has 1 aliphatic heterocycles. The van der Waals surface area contributed by atoms with Gasteiger partial charge in [0, 0.05) is 11.3 Å². The van der Waals surface area contributed by atoms with Gasteiger partial charge in [-0.2, -0.15) is 0 Å². The van der Waals surface area contributed by atoms with E-state index in [4.69, 9.17) is 5.73 Å². The van der Waals surface area contributed by atoms with Crippen LogP contribution < -0.4 is 5.73 Å². The number of benzene rings is 1. The highest BCUT2D eigenvalue weighted by atomic mass is 32.2. The molecule has 14 heavy (non-hydrogen) atoms. The number of aliphatic imine (C=N–C) groups is 1. The normalized spacial score (nSPS) is 16.1. The first-order chi connectivity index (χ1) is 6.77. The molecule has 1 aromatic rings. The van der Waals surface area contributed by atoms with Crippen molar-refractivity contribution in [3.63, 3.8) is 0 Å². The number of amidine groups is 1. The molecular weight excluding hydrogens is 199 g/mol. The number of hydrogen-bond acceptors (Lipinski definition) is 3. The summed E-state index contributed by atoms with van der Waals surface area (Å²) >= 11 is 1.45. The van der Waals surface area contributed by atoms with Crippen LogP contribution in [0.4, 0.5) is 4.39 Å². The van der Waals surface area contributed by atoms with Crippen molar-refractivity contribution in [3.8, 4) is 0 Å². The molecule has 1 aromatic carbocycles. The largest absolute Gasteiger partial charge is 0.378 e. The Bertz CT molecular complexity index is 412. The summed E-state index contributed by atoms with van der Waals surface area (Å²) in [7, 11) is 0. The van der Waals surface area contributed by atoms with Gasteiger partial charge in [-0.15, -0.1) is 0 Å². The van der Waals surface area contributed by atoms with E-state index in [1.807, 2.05) is 6.08 Å². The second kappa shape index (κ2) is 3.84. The number of rotatable bonds is 1. The van der Waals surface area contributed by atoms with Crippen molar-refractivity contribution in [1.29, 1.82) is 0 Å². The van der Waals surface area contributed by atoms with Gasteiger partial charge in [0.2, 0.25) is 0 Å². The zero-order valence-electron chi connectivity index (χ0n) is 7.40. The summed E-state index contributed by atoms with van der Waals surface area (Å²) in [6.07, 6.45) is 1.87. The first kappa shape index (κ1) is 9.27. The van der Waals surface area contributed by atoms with Crippen molar-refractivity contribution < 1.29 is 4.39 Å². The summed E-state index contributed by atoms with van der Waals surface area (Å²) in [5.74, 6) is 0.487. The van der Waals surface area contributed by atoms with E-state index in [1.54, 1.807) is 18.2 Å². The van der Waals surface area contributed by atoms with Gasteiger partial charge in [-0.25, -0.2) is 9.38 Å². The Balaban J connectivity index is 2.41. The van der Waals surface area contributed by atoms with Crippen LogP contribution in [0.1, 0.15) is 5.56 Å². The van der Waals surface area contributed by atoms with Crippen molar-refractivity contribution >= 4 is 22.6 Å². The van der Waals surface area contributed by atoms with Crippen molar-refractivity contribution in [2.75, 3.05) is 5.75 Å². The molecule has 2 nitrogen and oxygen atoms in total. The molecule has 0 bridgehead atoms. The van der Waals surface area contributed by atoms with Crippen LogP contribution in [-0.2, 0) is 0 Å². The Labute approximate surface area is 85.7 Å². The molecule has 72 valence electrons. The summed E-state index contributed by atoms with van der Waals surface area (Å²) in [4.78, 5) is 4.09. The zero-order valence-corrected chi connectivity index (χ0v) is 8.22. The van der Waals surface area contributed by atoms with Gasteiger partial charge in [0.15, 0.2) is 5.17 Å². The van der Waals surface area contributed by atoms with Gasteiger partial charge >= 0.3 is 0 Å².